The molecule has 0 radical (unpaired) electrons. The van der Waals surface area contributed by atoms with Gasteiger partial charge in [0.2, 0.25) is 0 Å². The number of rotatable bonds is 5. The summed E-state index contributed by atoms with van der Waals surface area (Å²) in [5.41, 5.74) is 0.741. The lowest BCUT2D eigenvalue weighted by Gasteiger charge is -2.40. The minimum absolute atomic E-state index is 0.0993. The first kappa shape index (κ1) is 16.1. The average molecular weight is 312 g/mol. The van der Waals surface area contributed by atoms with Crippen LogP contribution in [-0.2, 0) is 4.74 Å². The molecule has 1 heterocycles. The molecule has 2 rings (SSSR count). The minimum Gasteiger partial charge on any atom is -0.478 e. The Hall–Kier alpha value is -1.26. The van der Waals surface area contributed by atoms with Crippen LogP contribution in [-0.4, -0.2) is 29.3 Å². The lowest BCUT2D eigenvalue weighted by molar-refractivity contribution is -0.0864. The van der Waals surface area contributed by atoms with Crippen LogP contribution in [0.15, 0.2) is 18.2 Å². The number of halogens is 1. The highest BCUT2D eigenvalue weighted by atomic mass is 35.5. The zero-order valence-electron chi connectivity index (χ0n) is 12.5. The summed E-state index contributed by atoms with van der Waals surface area (Å²) in [6.45, 7) is 4.96. The summed E-state index contributed by atoms with van der Waals surface area (Å²) < 4.78 is 5.95. The molecule has 1 aromatic rings. The van der Waals surface area contributed by atoms with E-state index in [2.05, 4.69) is 19.2 Å². The lowest BCUT2D eigenvalue weighted by Crippen LogP contribution is -2.43. The molecule has 1 aliphatic rings. The van der Waals surface area contributed by atoms with E-state index in [0.717, 1.165) is 25.7 Å². The maximum atomic E-state index is 11.3. The first-order chi connectivity index (χ1) is 9.99. The van der Waals surface area contributed by atoms with Crippen molar-refractivity contribution in [1.29, 1.82) is 0 Å². The number of carboxylic acid groups (broad SMARTS) is 1. The van der Waals surface area contributed by atoms with Gasteiger partial charge in [0.1, 0.15) is 0 Å². The average Bonchev–Trinajstić information content (AvgIpc) is 2.47. The van der Waals surface area contributed by atoms with E-state index in [0.29, 0.717) is 17.3 Å². The van der Waals surface area contributed by atoms with Crippen molar-refractivity contribution in [2.75, 3.05) is 11.9 Å². The van der Waals surface area contributed by atoms with E-state index in [1.54, 1.807) is 18.2 Å². The standard InChI is InChI=1S/C16H22ClNO3/c1-3-16(4-2)10-12(7-8-21-16)18-14-9-11(17)5-6-13(14)15(19)20/h5-6,9,12,18H,3-4,7-8,10H2,1-2H3,(H,19,20). The molecule has 5 heteroatoms. The van der Waals surface area contributed by atoms with E-state index < -0.39 is 5.97 Å². The van der Waals surface area contributed by atoms with Crippen molar-refractivity contribution in [3.05, 3.63) is 28.8 Å². The number of aromatic carboxylic acids is 1. The second kappa shape index (κ2) is 6.67. The van der Waals surface area contributed by atoms with Crippen LogP contribution in [0.4, 0.5) is 5.69 Å². The van der Waals surface area contributed by atoms with Crippen molar-refractivity contribution in [3.8, 4) is 0 Å². The maximum Gasteiger partial charge on any atom is 0.337 e. The molecule has 0 aliphatic carbocycles. The third kappa shape index (κ3) is 3.69. The Morgan fingerprint density at radius 3 is 2.81 bits per heavy atom. The van der Waals surface area contributed by atoms with Gasteiger partial charge in [-0.05, 0) is 43.9 Å². The lowest BCUT2D eigenvalue weighted by atomic mass is 9.85. The van der Waals surface area contributed by atoms with E-state index in [1.165, 1.54) is 0 Å². The number of benzene rings is 1. The molecule has 0 saturated carbocycles. The smallest absolute Gasteiger partial charge is 0.337 e. The Morgan fingerprint density at radius 1 is 1.48 bits per heavy atom. The van der Waals surface area contributed by atoms with Gasteiger partial charge in [0.25, 0.3) is 0 Å². The van der Waals surface area contributed by atoms with E-state index in [9.17, 15) is 9.90 Å². The Morgan fingerprint density at radius 2 is 2.19 bits per heavy atom. The van der Waals surface area contributed by atoms with Crippen molar-refractivity contribution in [2.24, 2.45) is 0 Å². The third-order valence-corrected chi connectivity index (χ3v) is 4.59. The van der Waals surface area contributed by atoms with Crippen molar-refractivity contribution < 1.29 is 14.6 Å². The largest absolute Gasteiger partial charge is 0.478 e. The Labute approximate surface area is 130 Å². The van der Waals surface area contributed by atoms with Gasteiger partial charge in [-0.25, -0.2) is 4.79 Å². The number of ether oxygens (including phenoxy) is 1. The second-order valence-corrected chi connectivity index (χ2v) is 6.00. The van der Waals surface area contributed by atoms with Crippen LogP contribution in [0.5, 0.6) is 0 Å². The van der Waals surface area contributed by atoms with Crippen molar-refractivity contribution in [3.63, 3.8) is 0 Å². The van der Waals surface area contributed by atoms with Gasteiger partial charge < -0.3 is 15.2 Å². The Kier molecular flexibility index (Phi) is 5.12. The van der Waals surface area contributed by atoms with Gasteiger partial charge in [-0.3, -0.25) is 0 Å². The van der Waals surface area contributed by atoms with Crippen LogP contribution in [0.25, 0.3) is 0 Å². The minimum atomic E-state index is -0.946. The highest BCUT2D eigenvalue weighted by Crippen LogP contribution is 2.33. The number of carbonyl (C=O) groups is 1. The topological polar surface area (TPSA) is 58.6 Å². The summed E-state index contributed by atoms with van der Waals surface area (Å²) in [7, 11) is 0. The van der Waals surface area contributed by atoms with Gasteiger partial charge in [-0.2, -0.15) is 0 Å². The third-order valence-electron chi connectivity index (χ3n) is 4.35. The van der Waals surface area contributed by atoms with Gasteiger partial charge >= 0.3 is 5.97 Å². The summed E-state index contributed by atoms with van der Waals surface area (Å²) in [6, 6.07) is 5.03. The number of hydrogen-bond acceptors (Lipinski definition) is 3. The number of hydrogen-bond donors (Lipinski definition) is 2. The first-order valence-electron chi connectivity index (χ1n) is 7.43. The van der Waals surface area contributed by atoms with Crippen molar-refractivity contribution >= 4 is 23.3 Å². The summed E-state index contributed by atoms with van der Waals surface area (Å²) in [6.07, 6.45) is 3.67. The molecule has 1 aromatic carbocycles. The van der Waals surface area contributed by atoms with Crippen LogP contribution in [0.3, 0.4) is 0 Å². The quantitative estimate of drug-likeness (QED) is 0.856. The normalized spacial score (nSPS) is 21.0. The van der Waals surface area contributed by atoms with Crippen LogP contribution >= 0.6 is 11.6 Å². The van der Waals surface area contributed by atoms with Gasteiger partial charge in [-0.1, -0.05) is 25.4 Å². The fraction of sp³-hybridized carbons (Fsp3) is 0.562. The molecular formula is C16H22ClNO3. The highest BCUT2D eigenvalue weighted by Gasteiger charge is 2.34. The molecule has 2 N–H and O–H groups in total. The zero-order chi connectivity index (χ0) is 15.5. The molecule has 0 amide bonds. The molecule has 0 spiro atoms. The predicted octanol–water partition coefficient (Wildman–Crippen LogP) is 4.19. The van der Waals surface area contributed by atoms with Crippen molar-refractivity contribution in [2.45, 2.75) is 51.2 Å². The van der Waals surface area contributed by atoms with Gasteiger partial charge in [0.15, 0.2) is 0 Å². The molecule has 1 unspecified atom stereocenters. The van der Waals surface area contributed by atoms with E-state index >= 15 is 0 Å². The van der Waals surface area contributed by atoms with E-state index in [-0.39, 0.29) is 17.2 Å². The SMILES string of the molecule is CCC1(CC)CC(Nc2cc(Cl)ccc2C(=O)O)CCO1. The zero-order valence-corrected chi connectivity index (χ0v) is 13.2. The van der Waals surface area contributed by atoms with E-state index in [4.69, 9.17) is 16.3 Å². The molecule has 0 bridgehead atoms. The van der Waals surface area contributed by atoms with Crippen LogP contribution < -0.4 is 5.32 Å². The first-order valence-corrected chi connectivity index (χ1v) is 7.81. The summed E-state index contributed by atoms with van der Waals surface area (Å²) in [5.74, 6) is -0.946. The fourth-order valence-electron chi connectivity index (χ4n) is 2.94. The molecule has 21 heavy (non-hydrogen) atoms. The maximum absolute atomic E-state index is 11.3. The number of anilines is 1. The van der Waals surface area contributed by atoms with Gasteiger partial charge in [-0.15, -0.1) is 0 Å². The fourth-order valence-corrected chi connectivity index (χ4v) is 3.11. The van der Waals surface area contributed by atoms with Crippen LogP contribution in [0.2, 0.25) is 5.02 Å². The molecule has 1 fully saturated rings. The Bertz CT molecular complexity index is 514. The summed E-state index contributed by atoms with van der Waals surface area (Å²) in [4.78, 5) is 11.3. The molecular weight excluding hydrogens is 290 g/mol. The van der Waals surface area contributed by atoms with Gasteiger partial charge in [0, 0.05) is 17.7 Å². The predicted molar refractivity (Wildman–Crippen MR) is 84.3 cm³/mol. The van der Waals surface area contributed by atoms with Gasteiger partial charge in [0.05, 0.1) is 16.9 Å². The highest BCUT2D eigenvalue weighted by molar-refractivity contribution is 6.31. The molecule has 0 aromatic heterocycles. The molecule has 4 nitrogen and oxygen atoms in total. The molecule has 1 aliphatic heterocycles. The van der Waals surface area contributed by atoms with Crippen LogP contribution in [0.1, 0.15) is 49.9 Å². The summed E-state index contributed by atoms with van der Waals surface area (Å²) >= 11 is 5.99. The number of carboxylic acids is 1. The summed E-state index contributed by atoms with van der Waals surface area (Å²) in [5, 5.41) is 13.2. The monoisotopic (exact) mass is 311 g/mol. The molecule has 1 saturated heterocycles. The van der Waals surface area contributed by atoms with Crippen LogP contribution in [0, 0.1) is 0 Å². The van der Waals surface area contributed by atoms with E-state index in [1.807, 2.05) is 0 Å². The Balaban J connectivity index is 2.18. The van der Waals surface area contributed by atoms with Crippen molar-refractivity contribution in [1.82, 2.24) is 0 Å². The number of nitrogens with one attached hydrogen (secondary N) is 1. The molecule has 116 valence electrons. The second-order valence-electron chi connectivity index (χ2n) is 5.57. The molecule has 1 atom stereocenters.